The number of fused-ring (bicyclic) bond motifs is 1. The quantitative estimate of drug-likeness (QED) is 0.796. The van der Waals surface area contributed by atoms with E-state index >= 15 is 0 Å². The van der Waals surface area contributed by atoms with Crippen molar-refractivity contribution in [1.82, 2.24) is 5.32 Å². The van der Waals surface area contributed by atoms with E-state index in [4.69, 9.17) is 4.74 Å². The van der Waals surface area contributed by atoms with E-state index in [0.29, 0.717) is 24.3 Å². The molecule has 0 saturated carbocycles. The van der Waals surface area contributed by atoms with Gasteiger partial charge in [-0.2, -0.15) is 0 Å². The number of amides is 2. The van der Waals surface area contributed by atoms with Gasteiger partial charge < -0.3 is 20.5 Å². The summed E-state index contributed by atoms with van der Waals surface area (Å²) >= 11 is 0. The zero-order valence-corrected chi connectivity index (χ0v) is 12.1. The number of carbonyl (C=O) groups excluding carboxylic acids is 1. The van der Waals surface area contributed by atoms with Crippen LogP contribution >= 0.6 is 0 Å². The minimum absolute atomic E-state index is 0.200. The third-order valence-corrected chi connectivity index (χ3v) is 3.69. The Morgan fingerprint density at radius 1 is 1.09 bits per heavy atom. The van der Waals surface area contributed by atoms with Gasteiger partial charge in [0.15, 0.2) is 0 Å². The molecular weight excluding hydrogens is 280 g/mol. The Balaban J connectivity index is 1.73. The number of carbonyl (C=O) groups is 1. The number of hydrogen-bond acceptors (Lipinski definition) is 3. The first kappa shape index (κ1) is 14.4. The van der Waals surface area contributed by atoms with Gasteiger partial charge in [0.2, 0.25) is 0 Å². The number of nitrogens with one attached hydrogen (secondary N) is 2. The normalized spacial score (nSPS) is 14.6. The Bertz CT molecular complexity index is 717. The Hall–Kier alpha value is -2.53. The van der Waals surface area contributed by atoms with E-state index in [0.717, 1.165) is 18.2 Å². The van der Waals surface area contributed by atoms with Crippen LogP contribution in [0.4, 0.5) is 10.5 Å². The van der Waals surface area contributed by atoms with Crippen LogP contribution in [-0.4, -0.2) is 24.4 Å². The highest BCUT2D eigenvalue weighted by Gasteiger charge is 2.08. The summed E-state index contributed by atoms with van der Waals surface area (Å²) in [6.07, 6.45) is 3.45. The van der Waals surface area contributed by atoms with Crippen molar-refractivity contribution in [1.29, 1.82) is 0 Å². The van der Waals surface area contributed by atoms with Crippen LogP contribution in [0.5, 0.6) is 5.75 Å². The molecule has 0 aliphatic carbocycles. The number of ether oxygens (including phenoxy) is 1. The van der Waals surface area contributed by atoms with E-state index in [1.165, 1.54) is 5.57 Å². The van der Waals surface area contributed by atoms with E-state index in [9.17, 15) is 9.90 Å². The fraction of sp³-hybridized carbons (Fsp3) is 0.235. The average molecular weight is 298 g/mol. The number of phenols is 1. The first-order valence-electron chi connectivity index (χ1n) is 7.28. The van der Waals surface area contributed by atoms with Crippen molar-refractivity contribution in [3.8, 4) is 5.75 Å². The van der Waals surface area contributed by atoms with E-state index < -0.39 is 0 Å². The highest BCUT2D eigenvalue weighted by Crippen LogP contribution is 2.29. The molecule has 0 radical (unpaired) electrons. The van der Waals surface area contributed by atoms with Gasteiger partial charge in [-0.3, -0.25) is 0 Å². The van der Waals surface area contributed by atoms with Gasteiger partial charge in [-0.1, -0.05) is 24.3 Å². The first-order chi connectivity index (χ1) is 10.7. The SMILES string of the molecule is O=C(NC=C1CCOCC1)Nc1cccc2c(O)cccc12. The molecule has 1 aliphatic rings. The summed E-state index contributed by atoms with van der Waals surface area (Å²) in [5.41, 5.74) is 1.84. The summed E-state index contributed by atoms with van der Waals surface area (Å²) in [5, 5.41) is 16.9. The second-order valence-corrected chi connectivity index (χ2v) is 5.19. The fourth-order valence-corrected chi connectivity index (χ4v) is 2.51. The van der Waals surface area contributed by atoms with Crippen LogP contribution in [0.3, 0.4) is 0 Å². The van der Waals surface area contributed by atoms with E-state index in [-0.39, 0.29) is 11.8 Å². The number of phenolic OH excluding ortho intramolecular Hbond substituents is 1. The average Bonchev–Trinajstić information content (AvgIpc) is 2.55. The number of urea groups is 1. The van der Waals surface area contributed by atoms with Gasteiger partial charge in [-0.25, -0.2) is 4.79 Å². The third-order valence-electron chi connectivity index (χ3n) is 3.69. The zero-order chi connectivity index (χ0) is 15.4. The van der Waals surface area contributed by atoms with Gasteiger partial charge >= 0.3 is 6.03 Å². The van der Waals surface area contributed by atoms with Crippen LogP contribution in [0, 0.1) is 0 Å². The van der Waals surface area contributed by atoms with Crippen molar-refractivity contribution in [2.24, 2.45) is 0 Å². The Kier molecular flexibility index (Phi) is 4.25. The molecule has 5 nitrogen and oxygen atoms in total. The summed E-state index contributed by atoms with van der Waals surface area (Å²) < 4.78 is 5.27. The highest BCUT2D eigenvalue weighted by atomic mass is 16.5. The van der Waals surface area contributed by atoms with Crippen molar-refractivity contribution in [2.45, 2.75) is 12.8 Å². The maximum Gasteiger partial charge on any atom is 0.323 e. The molecule has 3 N–H and O–H groups in total. The lowest BCUT2D eigenvalue weighted by molar-refractivity contribution is 0.119. The van der Waals surface area contributed by atoms with Gasteiger partial charge in [0.1, 0.15) is 5.75 Å². The van der Waals surface area contributed by atoms with Crippen LogP contribution < -0.4 is 10.6 Å². The zero-order valence-electron chi connectivity index (χ0n) is 12.1. The largest absolute Gasteiger partial charge is 0.507 e. The number of rotatable bonds is 2. The molecule has 0 aromatic heterocycles. The van der Waals surface area contributed by atoms with Crippen LogP contribution in [0.2, 0.25) is 0 Å². The molecule has 1 aliphatic heterocycles. The molecule has 22 heavy (non-hydrogen) atoms. The topological polar surface area (TPSA) is 70.6 Å². The maximum atomic E-state index is 12.0. The summed E-state index contributed by atoms with van der Waals surface area (Å²) in [6.45, 7) is 1.41. The Labute approximate surface area is 128 Å². The van der Waals surface area contributed by atoms with Gasteiger partial charge in [-0.05, 0) is 30.5 Å². The Morgan fingerprint density at radius 2 is 1.82 bits per heavy atom. The maximum absolute atomic E-state index is 12.0. The van der Waals surface area contributed by atoms with Crippen molar-refractivity contribution >= 4 is 22.5 Å². The third kappa shape index (κ3) is 3.20. The second kappa shape index (κ2) is 6.49. The minimum Gasteiger partial charge on any atom is -0.507 e. The molecule has 114 valence electrons. The van der Waals surface area contributed by atoms with E-state index in [2.05, 4.69) is 10.6 Å². The molecule has 0 bridgehead atoms. The molecule has 1 heterocycles. The smallest absolute Gasteiger partial charge is 0.323 e. The predicted molar refractivity (Wildman–Crippen MR) is 85.9 cm³/mol. The Morgan fingerprint density at radius 3 is 2.64 bits per heavy atom. The van der Waals surface area contributed by atoms with Crippen molar-refractivity contribution < 1.29 is 14.6 Å². The lowest BCUT2D eigenvalue weighted by Gasteiger charge is -2.15. The minimum atomic E-state index is -0.296. The molecule has 2 amide bonds. The number of benzene rings is 2. The summed E-state index contributed by atoms with van der Waals surface area (Å²) in [4.78, 5) is 12.0. The summed E-state index contributed by atoms with van der Waals surface area (Å²) in [5.74, 6) is 0.200. The van der Waals surface area contributed by atoms with Crippen molar-refractivity contribution in [3.05, 3.63) is 48.2 Å². The molecule has 0 unspecified atom stereocenters. The van der Waals surface area contributed by atoms with Crippen LogP contribution in [0.1, 0.15) is 12.8 Å². The first-order valence-corrected chi connectivity index (χ1v) is 7.28. The standard InChI is InChI=1S/C17H18N2O3/c20-16-6-2-3-13-14(16)4-1-5-15(13)19-17(21)18-11-12-7-9-22-10-8-12/h1-6,11,20H,7-10H2,(H2,18,19,21). The highest BCUT2D eigenvalue weighted by molar-refractivity contribution is 6.03. The molecule has 2 aromatic rings. The molecule has 5 heteroatoms. The lowest BCUT2D eigenvalue weighted by Crippen LogP contribution is -2.25. The van der Waals surface area contributed by atoms with Crippen LogP contribution in [-0.2, 0) is 4.74 Å². The number of aromatic hydroxyl groups is 1. The molecule has 3 rings (SSSR count). The molecule has 2 aromatic carbocycles. The number of anilines is 1. The predicted octanol–water partition coefficient (Wildman–Crippen LogP) is 3.36. The fourth-order valence-electron chi connectivity index (χ4n) is 2.51. The lowest BCUT2D eigenvalue weighted by atomic mass is 10.1. The molecule has 1 fully saturated rings. The molecule has 1 saturated heterocycles. The van der Waals surface area contributed by atoms with Gasteiger partial charge in [0, 0.05) is 17.0 Å². The molecule has 0 atom stereocenters. The molecular formula is C17H18N2O3. The van der Waals surface area contributed by atoms with Crippen molar-refractivity contribution in [3.63, 3.8) is 0 Å². The summed E-state index contributed by atoms with van der Waals surface area (Å²) in [7, 11) is 0. The van der Waals surface area contributed by atoms with Crippen LogP contribution in [0.15, 0.2) is 48.2 Å². The summed E-state index contributed by atoms with van der Waals surface area (Å²) in [6, 6.07) is 10.4. The van der Waals surface area contributed by atoms with E-state index in [1.807, 2.05) is 18.2 Å². The van der Waals surface area contributed by atoms with E-state index in [1.54, 1.807) is 24.4 Å². The van der Waals surface area contributed by atoms with Gasteiger partial charge in [0.05, 0.1) is 18.9 Å². The second-order valence-electron chi connectivity index (χ2n) is 5.19. The van der Waals surface area contributed by atoms with Crippen molar-refractivity contribution in [2.75, 3.05) is 18.5 Å². The van der Waals surface area contributed by atoms with Gasteiger partial charge in [0.25, 0.3) is 0 Å². The van der Waals surface area contributed by atoms with Crippen LogP contribution in [0.25, 0.3) is 10.8 Å². The monoisotopic (exact) mass is 298 g/mol. The van der Waals surface area contributed by atoms with Gasteiger partial charge in [-0.15, -0.1) is 0 Å². The molecule has 0 spiro atoms. The number of hydrogen-bond donors (Lipinski definition) is 3.